The molecule has 1 fully saturated rings. The highest BCUT2D eigenvalue weighted by Crippen LogP contribution is 2.32. The van der Waals surface area contributed by atoms with Crippen LogP contribution in [0.25, 0.3) is 0 Å². The van der Waals surface area contributed by atoms with E-state index >= 15 is 0 Å². The van der Waals surface area contributed by atoms with Crippen LogP contribution in [0.1, 0.15) is 31.0 Å². The maximum atomic E-state index is 7.67. The summed E-state index contributed by atoms with van der Waals surface area (Å²) in [5.41, 5.74) is 7.65. The number of piperidine rings is 1. The molecular formula is C13H22ClN5. The highest BCUT2D eigenvalue weighted by atomic mass is 35.5. The van der Waals surface area contributed by atoms with Crippen LogP contribution in [0.3, 0.4) is 0 Å². The molecule has 19 heavy (non-hydrogen) atoms. The third kappa shape index (κ3) is 2.77. The Kier molecular flexibility index (Phi) is 3.87. The third-order valence-electron chi connectivity index (χ3n) is 4.26. The lowest BCUT2D eigenvalue weighted by Crippen LogP contribution is -2.44. The average molecular weight is 284 g/mol. The van der Waals surface area contributed by atoms with E-state index in [0.29, 0.717) is 5.84 Å². The van der Waals surface area contributed by atoms with Crippen molar-refractivity contribution >= 4 is 17.4 Å². The summed E-state index contributed by atoms with van der Waals surface area (Å²) in [4.78, 5) is 2.36. The van der Waals surface area contributed by atoms with Crippen LogP contribution in [0.5, 0.6) is 0 Å². The van der Waals surface area contributed by atoms with Crippen molar-refractivity contribution in [3.05, 3.63) is 16.4 Å². The summed E-state index contributed by atoms with van der Waals surface area (Å²) in [6, 6.07) is 0. The average Bonchev–Trinajstić information content (AvgIpc) is 2.58. The van der Waals surface area contributed by atoms with Gasteiger partial charge in [0.05, 0.1) is 11.5 Å². The van der Waals surface area contributed by atoms with Crippen molar-refractivity contribution in [1.82, 2.24) is 14.7 Å². The smallest absolute Gasteiger partial charge is 0.131 e. The lowest BCUT2D eigenvalue weighted by atomic mass is 9.79. The Hall–Kier alpha value is -1.07. The van der Waals surface area contributed by atoms with Crippen LogP contribution in [-0.4, -0.2) is 33.6 Å². The van der Waals surface area contributed by atoms with Crippen LogP contribution in [0.2, 0.25) is 5.15 Å². The van der Waals surface area contributed by atoms with E-state index in [1.807, 2.05) is 14.0 Å². The van der Waals surface area contributed by atoms with Crippen LogP contribution in [0.15, 0.2) is 0 Å². The molecule has 0 atom stereocenters. The summed E-state index contributed by atoms with van der Waals surface area (Å²) in [5.74, 6) is 0.308. The van der Waals surface area contributed by atoms with E-state index in [2.05, 4.69) is 16.9 Å². The number of nitrogens with two attached hydrogens (primary N) is 1. The molecule has 0 bridgehead atoms. The van der Waals surface area contributed by atoms with Gasteiger partial charge in [0, 0.05) is 24.6 Å². The molecule has 1 aromatic rings. The Morgan fingerprint density at radius 2 is 2.05 bits per heavy atom. The van der Waals surface area contributed by atoms with E-state index in [4.69, 9.17) is 22.7 Å². The molecule has 0 unspecified atom stereocenters. The van der Waals surface area contributed by atoms with Gasteiger partial charge >= 0.3 is 0 Å². The molecule has 2 heterocycles. The van der Waals surface area contributed by atoms with E-state index in [9.17, 15) is 0 Å². The quantitative estimate of drug-likeness (QED) is 0.658. The zero-order valence-corrected chi connectivity index (χ0v) is 12.6. The number of aryl methyl sites for hydroxylation is 2. The number of halogens is 1. The SMILES string of the molecule is Cc1nn(C)c(Cl)c1CN1CCC(C)(C(=N)N)CC1. The second kappa shape index (κ2) is 5.13. The highest BCUT2D eigenvalue weighted by molar-refractivity contribution is 6.30. The van der Waals surface area contributed by atoms with E-state index in [0.717, 1.165) is 48.9 Å². The van der Waals surface area contributed by atoms with Crippen molar-refractivity contribution < 1.29 is 0 Å². The third-order valence-corrected chi connectivity index (χ3v) is 4.73. The Labute approximate surface area is 119 Å². The molecule has 2 rings (SSSR count). The minimum atomic E-state index is -0.135. The fraction of sp³-hybridized carbons (Fsp3) is 0.692. The summed E-state index contributed by atoms with van der Waals surface area (Å²) in [5, 5.41) is 12.7. The first kappa shape index (κ1) is 14.3. The van der Waals surface area contributed by atoms with Gasteiger partial charge in [-0.25, -0.2) is 0 Å². The van der Waals surface area contributed by atoms with Gasteiger partial charge in [0.15, 0.2) is 0 Å². The zero-order valence-electron chi connectivity index (χ0n) is 11.8. The number of hydrogen-bond donors (Lipinski definition) is 2. The minimum Gasteiger partial charge on any atom is -0.387 e. The van der Waals surface area contributed by atoms with Crippen molar-refractivity contribution in [3.8, 4) is 0 Å². The molecule has 3 N–H and O–H groups in total. The number of amidine groups is 1. The summed E-state index contributed by atoms with van der Waals surface area (Å²) >= 11 is 6.26. The first-order valence-corrected chi connectivity index (χ1v) is 6.96. The molecule has 0 amide bonds. The number of aromatic nitrogens is 2. The van der Waals surface area contributed by atoms with Gasteiger partial charge in [-0.05, 0) is 32.9 Å². The zero-order chi connectivity index (χ0) is 14.2. The van der Waals surface area contributed by atoms with Crippen LogP contribution in [0.4, 0.5) is 0 Å². The van der Waals surface area contributed by atoms with Crippen molar-refractivity contribution in [2.75, 3.05) is 13.1 Å². The lowest BCUT2D eigenvalue weighted by molar-refractivity contribution is 0.156. The Balaban J connectivity index is 2.02. The van der Waals surface area contributed by atoms with Gasteiger partial charge in [-0.15, -0.1) is 0 Å². The number of hydrogen-bond acceptors (Lipinski definition) is 3. The van der Waals surface area contributed by atoms with E-state index < -0.39 is 0 Å². The molecule has 1 saturated heterocycles. The largest absolute Gasteiger partial charge is 0.387 e. The molecule has 5 nitrogen and oxygen atoms in total. The van der Waals surface area contributed by atoms with Gasteiger partial charge in [0.25, 0.3) is 0 Å². The minimum absolute atomic E-state index is 0.135. The molecule has 1 aromatic heterocycles. The number of nitrogens with one attached hydrogen (secondary N) is 1. The Morgan fingerprint density at radius 3 is 2.47 bits per heavy atom. The van der Waals surface area contributed by atoms with E-state index in [1.165, 1.54) is 0 Å². The van der Waals surface area contributed by atoms with Crippen LogP contribution in [0, 0.1) is 17.7 Å². The molecule has 106 valence electrons. The second-order valence-corrected chi connectivity index (χ2v) is 6.09. The number of likely N-dealkylation sites (tertiary alicyclic amines) is 1. The van der Waals surface area contributed by atoms with Gasteiger partial charge < -0.3 is 5.73 Å². The molecule has 0 aliphatic carbocycles. The van der Waals surface area contributed by atoms with Gasteiger partial charge in [0.1, 0.15) is 5.15 Å². The second-order valence-electron chi connectivity index (χ2n) is 5.73. The van der Waals surface area contributed by atoms with Crippen molar-refractivity contribution in [1.29, 1.82) is 5.41 Å². The summed E-state index contributed by atoms with van der Waals surface area (Å²) in [7, 11) is 1.86. The monoisotopic (exact) mass is 283 g/mol. The summed E-state index contributed by atoms with van der Waals surface area (Å²) < 4.78 is 1.72. The topological polar surface area (TPSA) is 70.9 Å². The van der Waals surface area contributed by atoms with Crippen molar-refractivity contribution in [3.63, 3.8) is 0 Å². The molecule has 0 aromatic carbocycles. The van der Waals surface area contributed by atoms with Gasteiger partial charge in [-0.1, -0.05) is 18.5 Å². The van der Waals surface area contributed by atoms with E-state index in [1.54, 1.807) is 4.68 Å². The fourth-order valence-corrected chi connectivity index (χ4v) is 2.79. The maximum Gasteiger partial charge on any atom is 0.131 e. The van der Waals surface area contributed by atoms with Gasteiger partial charge in [-0.2, -0.15) is 5.10 Å². The lowest BCUT2D eigenvalue weighted by Gasteiger charge is -2.38. The molecule has 1 aliphatic heterocycles. The maximum absolute atomic E-state index is 7.67. The standard InChI is InChI=1S/C13H22ClN5/c1-9-10(11(14)18(3)17-9)8-19-6-4-13(2,5-7-19)12(15)16/h4-8H2,1-3H3,(H3,15,16). The van der Waals surface area contributed by atoms with Gasteiger partial charge in [-0.3, -0.25) is 15.0 Å². The molecule has 0 spiro atoms. The summed E-state index contributed by atoms with van der Waals surface area (Å²) in [6.45, 7) is 6.79. The molecule has 0 saturated carbocycles. The number of rotatable bonds is 3. The molecule has 1 aliphatic rings. The summed E-state index contributed by atoms with van der Waals surface area (Å²) in [6.07, 6.45) is 1.86. The van der Waals surface area contributed by atoms with Crippen LogP contribution in [-0.2, 0) is 13.6 Å². The van der Waals surface area contributed by atoms with Crippen molar-refractivity contribution in [2.45, 2.75) is 33.2 Å². The molecule has 0 radical (unpaired) electrons. The fourth-order valence-electron chi connectivity index (χ4n) is 2.55. The predicted octanol–water partition coefficient (Wildman–Crippen LogP) is 1.92. The first-order valence-electron chi connectivity index (χ1n) is 6.58. The Bertz CT molecular complexity index is 485. The first-order chi connectivity index (χ1) is 8.83. The van der Waals surface area contributed by atoms with Gasteiger partial charge in [0.2, 0.25) is 0 Å². The van der Waals surface area contributed by atoms with Crippen LogP contribution >= 0.6 is 11.6 Å². The predicted molar refractivity (Wildman–Crippen MR) is 77.5 cm³/mol. The molecule has 6 heteroatoms. The normalized spacial score (nSPS) is 19.6. The van der Waals surface area contributed by atoms with Crippen molar-refractivity contribution in [2.24, 2.45) is 18.2 Å². The number of nitrogens with zero attached hydrogens (tertiary/aromatic N) is 3. The molecular weight excluding hydrogens is 262 g/mol. The highest BCUT2D eigenvalue weighted by Gasteiger charge is 2.33. The Morgan fingerprint density at radius 1 is 1.47 bits per heavy atom. The van der Waals surface area contributed by atoms with Crippen LogP contribution < -0.4 is 5.73 Å². The van der Waals surface area contributed by atoms with E-state index in [-0.39, 0.29) is 5.41 Å².